The van der Waals surface area contributed by atoms with E-state index in [0.29, 0.717) is 18.1 Å². The molecule has 2 aromatic heterocycles. The van der Waals surface area contributed by atoms with Gasteiger partial charge in [-0.15, -0.1) is 11.3 Å². The van der Waals surface area contributed by atoms with E-state index in [4.69, 9.17) is 0 Å². The smallest absolute Gasteiger partial charge is 0.332 e. The summed E-state index contributed by atoms with van der Waals surface area (Å²) < 4.78 is 2.45. The minimum Gasteiger partial charge on any atom is -0.337 e. The topological polar surface area (TPSA) is 73.1 Å². The number of rotatable bonds is 3. The summed E-state index contributed by atoms with van der Waals surface area (Å²) in [7, 11) is 1.40. The Morgan fingerprint density at radius 2 is 2.04 bits per heavy atom. The first-order valence-electron chi connectivity index (χ1n) is 7.37. The normalized spacial score (nSPS) is 15.1. The van der Waals surface area contributed by atoms with Gasteiger partial charge in [0.05, 0.1) is 5.70 Å². The highest BCUT2D eigenvalue weighted by molar-refractivity contribution is 7.11. The monoisotopic (exact) mass is 331 g/mol. The Balaban J connectivity index is 2.20. The number of allylic oxidation sites excluding steroid dienone is 1. The van der Waals surface area contributed by atoms with Crippen LogP contribution in [0.5, 0.6) is 0 Å². The number of hydrogen-bond acceptors (Lipinski definition) is 5. The van der Waals surface area contributed by atoms with Crippen molar-refractivity contribution in [2.45, 2.75) is 26.8 Å². The lowest BCUT2D eigenvalue weighted by atomic mass is 10.1. The van der Waals surface area contributed by atoms with Crippen molar-refractivity contribution < 1.29 is 4.79 Å². The highest BCUT2D eigenvalue weighted by Crippen LogP contribution is 2.28. The van der Waals surface area contributed by atoms with Crippen LogP contribution in [0.15, 0.2) is 26.7 Å². The second kappa shape index (κ2) is 5.66. The van der Waals surface area contributed by atoms with Crippen LogP contribution in [-0.2, 0) is 13.6 Å². The van der Waals surface area contributed by atoms with E-state index in [0.717, 1.165) is 21.4 Å². The van der Waals surface area contributed by atoms with E-state index in [1.807, 2.05) is 25.3 Å². The van der Waals surface area contributed by atoms with Crippen molar-refractivity contribution in [2.24, 2.45) is 7.05 Å². The Labute approximate surface area is 136 Å². The summed E-state index contributed by atoms with van der Waals surface area (Å²) in [5.74, 6) is -0.0522. The van der Waals surface area contributed by atoms with E-state index in [2.05, 4.69) is 5.32 Å². The fraction of sp³-hybridized carbons (Fsp3) is 0.312. The van der Waals surface area contributed by atoms with Gasteiger partial charge in [-0.2, -0.15) is 0 Å². The first-order chi connectivity index (χ1) is 11.0. The standard InChI is InChI=1S/C16H17N3O3S/c1-4-6-19-14-12(15(21)18(3)16(19)22)13(20)10(17-14)8-11-9(2)5-7-23-11/h5,7-8,17H,4,6H2,1-3H3/b10-8-. The summed E-state index contributed by atoms with van der Waals surface area (Å²) in [6, 6.07) is 1.97. The van der Waals surface area contributed by atoms with E-state index in [9.17, 15) is 14.4 Å². The van der Waals surface area contributed by atoms with Crippen molar-refractivity contribution in [3.05, 3.63) is 54.0 Å². The third-order valence-corrected chi connectivity index (χ3v) is 4.86. The number of fused-ring (bicyclic) bond motifs is 1. The number of hydrogen-bond donors (Lipinski definition) is 1. The molecular formula is C16H17N3O3S. The number of nitrogens with zero attached hydrogens (tertiary/aromatic N) is 2. The third-order valence-electron chi connectivity index (χ3n) is 3.89. The summed E-state index contributed by atoms with van der Waals surface area (Å²) in [5.41, 5.74) is 0.469. The molecular weight excluding hydrogens is 314 g/mol. The molecule has 1 aliphatic heterocycles. The van der Waals surface area contributed by atoms with E-state index < -0.39 is 11.2 Å². The van der Waals surface area contributed by atoms with Gasteiger partial charge in [0.25, 0.3) is 5.56 Å². The number of thiophene rings is 1. The van der Waals surface area contributed by atoms with Gasteiger partial charge in [-0.3, -0.25) is 18.7 Å². The summed E-state index contributed by atoms with van der Waals surface area (Å²) in [5, 5.41) is 4.92. The third kappa shape index (κ3) is 2.37. The van der Waals surface area contributed by atoms with Gasteiger partial charge in [0.15, 0.2) is 0 Å². The molecule has 0 amide bonds. The van der Waals surface area contributed by atoms with Gasteiger partial charge in [-0.25, -0.2) is 4.79 Å². The van der Waals surface area contributed by atoms with Crippen LogP contribution in [0.1, 0.15) is 34.1 Å². The lowest BCUT2D eigenvalue weighted by Crippen LogP contribution is -2.40. The minimum atomic E-state index is -0.554. The Morgan fingerprint density at radius 3 is 2.65 bits per heavy atom. The molecule has 1 aliphatic rings. The van der Waals surface area contributed by atoms with Crippen molar-refractivity contribution in [3.8, 4) is 0 Å². The highest BCUT2D eigenvalue weighted by atomic mass is 32.1. The molecule has 6 nitrogen and oxygen atoms in total. The molecule has 0 saturated heterocycles. The molecule has 0 aliphatic carbocycles. The number of aryl methyl sites for hydroxylation is 1. The zero-order valence-electron chi connectivity index (χ0n) is 13.2. The SMILES string of the molecule is CCCn1c2c(c(=O)n(C)c1=O)C(=O)/C(=C/c1sccc1C)N2. The zero-order chi connectivity index (χ0) is 16.7. The van der Waals surface area contributed by atoms with Crippen molar-refractivity contribution in [1.29, 1.82) is 0 Å². The van der Waals surface area contributed by atoms with E-state index >= 15 is 0 Å². The first kappa shape index (κ1) is 15.5. The van der Waals surface area contributed by atoms with Crippen molar-refractivity contribution in [3.63, 3.8) is 0 Å². The van der Waals surface area contributed by atoms with Crippen LogP contribution in [-0.4, -0.2) is 14.9 Å². The van der Waals surface area contributed by atoms with E-state index in [1.165, 1.54) is 23.0 Å². The summed E-state index contributed by atoms with van der Waals surface area (Å²) in [4.78, 5) is 38.2. The molecule has 120 valence electrons. The molecule has 0 aromatic carbocycles. The average molecular weight is 331 g/mol. The number of aromatic nitrogens is 2. The summed E-state index contributed by atoms with van der Waals surface area (Å²) in [6.07, 6.45) is 2.46. The maximum Gasteiger partial charge on any atom is 0.332 e. The van der Waals surface area contributed by atoms with Crippen LogP contribution in [0.4, 0.5) is 5.82 Å². The van der Waals surface area contributed by atoms with Gasteiger partial charge in [-0.1, -0.05) is 6.92 Å². The lowest BCUT2D eigenvalue weighted by Gasteiger charge is -2.11. The second-order valence-electron chi connectivity index (χ2n) is 5.50. The average Bonchev–Trinajstić information content (AvgIpc) is 3.07. The van der Waals surface area contributed by atoms with Crippen molar-refractivity contribution in [1.82, 2.24) is 9.13 Å². The second-order valence-corrected chi connectivity index (χ2v) is 6.45. The Hall–Kier alpha value is -2.41. The lowest BCUT2D eigenvalue weighted by molar-refractivity contribution is 0.104. The Bertz CT molecular complexity index is 946. The van der Waals surface area contributed by atoms with Crippen LogP contribution in [0.2, 0.25) is 0 Å². The van der Waals surface area contributed by atoms with Crippen LogP contribution in [0.25, 0.3) is 6.08 Å². The largest absolute Gasteiger partial charge is 0.337 e. The molecule has 0 radical (unpaired) electrons. The zero-order valence-corrected chi connectivity index (χ0v) is 14.0. The predicted molar refractivity (Wildman–Crippen MR) is 91.2 cm³/mol. The van der Waals surface area contributed by atoms with Gasteiger partial charge >= 0.3 is 5.69 Å². The first-order valence-corrected chi connectivity index (χ1v) is 8.25. The van der Waals surface area contributed by atoms with Crippen LogP contribution < -0.4 is 16.6 Å². The van der Waals surface area contributed by atoms with Crippen molar-refractivity contribution >= 4 is 29.0 Å². The van der Waals surface area contributed by atoms with Gasteiger partial charge < -0.3 is 5.32 Å². The maximum absolute atomic E-state index is 12.6. The van der Waals surface area contributed by atoms with Gasteiger partial charge in [0.2, 0.25) is 5.78 Å². The fourth-order valence-corrected chi connectivity index (χ4v) is 3.48. The van der Waals surface area contributed by atoms with E-state index in [1.54, 1.807) is 6.08 Å². The minimum absolute atomic E-state index is 0.0426. The Morgan fingerprint density at radius 1 is 1.30 bits per heavy atom. The molecule has 3 heterocycles. The van der Waals surface area contributed by atoms with Crippen LogP contribution in [0, 0.1) is 6.92 Å². The molecule has 23 heavy (non-hydrogen) atoms. The molecule has 0 bridgehead atoms. The summed E-state index contributed by atoms with van der Waals surface area (Å²) in [6.45, 7) is 4.34. The quantitative estimate of drug-likeness (QED) is 0.873. The van der Waals surface area contributed by atoms with Crippen LogP contribution >= 0.6 is 11.3 Å². The maximum atomic E-state index is 12.6. The van der Waals surface area contributed by atoms with Gasteiger partial charge in [-0.05, 0) is 36.4 Å². The van der Waals surface area contributed by atoms with Crippen molar-refractivity contribution in [2.75, 3.05) is 5.32 Å². The molecule has 2 aromatic rings. The predicted octanol–water partition coefficient (Wildman–Crippen LogP) is 1.98. The molecule has 0 saturated carbocycles. The Kier molecular flexibility index (Phi) is 3.81. The number of Topliss-reactive ketones (excluding diaryl/α,β-unsaturated/α-hetero) is 1. The van der Waals surface area contributed by atoms with Gasteiger partial charge in [0.1, 0.15) is 11.4 Å². The van der Waals surface area contributed by atoms with E-state index in [-0.39, 0.29) is 11.3 Å². The molecule has 0 unspecified atom stereocenters. The number of anilines is 1. The fourth-order valence-electron chi connectivity index (χ4n) is 2.62. The van der Waals surface area contributed by atoms with Crippen LogP contribution in [0.3, 0.4) is 0 Å². The molecule has 3 rings (SSSR count). The molecule has 0 spiro atoms. The highest BCUT2D eigenvalue weighted by Gasteiger charge is 2.32. The molecule has 0 atom stereocenters. The molecule has 1 N–H and O–H groups in total. The number of ketones is 1. The summed E-state index contributed by atoms with van der Waals surface area (Å²) >= 11 is 1.52. The number of carbonyl (C=O) groups is 1. The van der Waals surface area contributed by atoms with Gasteiger partial charge in [0, 0.05) is 18.5 Å². The molecule has 0 fully saturated rings. The number of carbonyl (C=O) groups excluding carboxylic acids is 1. The molecule has 7 heteroatoms. The number of nitrogens with one attached hydrogen (secondary N) is 1.